The molecular weight excluding hydrogens is 342 g/mol. The summed E-state index contributed by atoms with van der Waals surface area (Å²) in [6, 6.07) is 25.9. The Hall–Kier alpha value is -2.72. The lowest BCUT2D eigenvalue weighted by molar-refractivity contribution is 0.0963. The van der Waals surface area contributed by atoms with Crippen LogP contribution in [0.3, 0.4) is 0 Å². The van der Waals surface area contributed by atoms with E-state index in [1.54, 1.807) is 18.8 Å². The smallest absolute Gasteiger partial charge is 0.251 e. The minimum atomic E-state index is -0.0683. The number of hydrogen-bond acceptors (Lipinski definition) is 3. The summed E-state index contributed by atoms with van der Waals surface area (Å²) < 4.78 is 6.01. The molecule has 0 aliphatic heterocycles. The number of rotatable bonds is 7. The van der Waals surface area contributed by atoms with E-state index in [1.165, 1.54) is 0 Å². The van der Waals surface area contributed by atoms with Gasteiger partial charge >= 0.3 is 0 Å². The monoisotopic (exact) mass is 363 g/mol. The van der Waals surface area contributed by atoms with Crippen LogP contribution in [0.15, 0.2) is 83.8 Å². The Balaban J connectivity index is 1.62. The molecular formula is C22H21NO2S. The fourth-order valence-electron chi connectivity index (χ4n) is 2.51. The first-order valence-corrected chi connectivity index (χ1v) is 9.44. The van der Waals surface area contributed by atoms with Gasteiger partial charge in [-0.05, 0) is 35.9 Å². The molecule has 3 aromatic rings. The van der Waals surface area contributed by atoms with Crippen molar-refractivity contribution in [2.24, 2.45) is 0 Å². The summed E-state index contributed by atoms with van der Waals surface area (Å²) in [5.41, 5.74) is 2.98. The number of thioether (sulfide) groups is 1. The lowest BCUT2D eigenvalue weighted by Gasteiger charge is -2.11. The maximum absolute atomic E-state index is 11.6. The average Bonchev–Trinajstić information content (AvgIpc) is 2.72. The summed E-state index contributed by atoms with van der Waals surface area (Å²) >= 11 is 1.73. The maximum Gasteiger partial charge on any atom is 0.251 e. The van der Waals surface area contributed by atoms with Crippen LogP contribution in [0.2, 0.25) is 0 Å². The molecule has 4 heteroatoms. The zero-order chi connectivity index (χ0) is 18.2. The number of hydrogen-bond donors (Lipinski definition) is 1. The van der Waals surface area contributed by atoms with Crippen LogP contribution in [0.5, 0.6) is 5.75 Å². The molecule has 3 nitrogen and oxygen atoms in total. The van der Waals surface area contributed by atoms with Crippen molar-refractivity contribution >= 4 is 17.7 Å². The molecule has 0 aromatic heterocycles. The number of carbonyl (C=O) groups excluding carboxylic acids is 1. The van der Waals surface area contributed by atoms with Crippen LogP contribution in [0.4, 0.5) is 0 Å². The van der Waals surface area contributed by atoms with Gasteiger partial charge in [0, 0.05) is 28.8 Å². The Morgan fingerprint density at radius 2 is 1.62 bits per heavy atom. The number of para-hydroxylation sites is 1. The normalized spacial score (nSPS) is 10.3. The van der Waals surface area contributed by atoms with Crippen LogP contribution in [0, 0.1) is 0 Å². The highest BCUT2D eigenvalue weighted by molar-refractivity contribution is 7.98. The molecule has 0 saturated carbocycles. The standard InChI is InChI=1S/C22H21NO2S/c1-23-22(24)18-11-13-20(14-12-18)26-16-19-9-5-6-10-21(19)25-15-17-7-3-2-4-8-17/h2-14H,15-16H2,1H3,(H,23,24). The lowest BCUT2D eigenvalue weighted by Crippen LogP contribution is -2.17. The van der Waals surface area contributed by atoms with Gasteiger partial charge in [0.25, 0.3) is 5.91 Å². The van der Waals surface area contributed by atoms with Crippen molar-refractivity contribution in [1.29, 1.82) is 0 Å². The van der Waals surface area contributed by atoms with E-state index in [1.807, 2.05) is 60.7 Å². The van der Waals surface area contributed by atoms with Gasteiger partial charge in [0.1, 0.15) is 12.4 Å². The van der Waals surface area contributed by atoms with Gasteiger partial charge in [-0.2, -0.15) is 0 Å². The number of benzene rings is 3. The van der Waals surface area contributed by atoms with E-state index in [0.717, 1.165) is 27.5 Å². The van der Waals surface area contributed by atoms with E-state index in [-0.39, 0.29) is 5.91 Å². The van der Waals surface area contributed by atoms with Gasteiger partial charge in [0.15, 0.2) is 0 Å². The molecule has 0 aliphatic rings. The molecule has 0 radical (unpaired) electrons. The van der Waals surface area contributed by atoms with Gasteiger partial charge in [-0.15, -0.1) is 11.8 Å². The van der Waals surface area contributed by atoms with E-state index in [4.69, 9.17) is 4.74 Å². The predicted molar refractivity (Wildman–Crippen MR) is 107 cm³/mol. The minimum Gasteiger partial charge on any atom is -0.489 e. The molecule has 0 bridgehead atoms. The molecule has 0 fully saturated rings. The molecule has 0 atom stereocenters. The second-order valence-electron chi connectivity index (χ2n) is 5.77. The Bertz CT molecular complexity index is 848. The number of ether oxygens (including phenoxy) is 1. The minimum absolute atomic E-state index is 0.0683. The van der Waals surface area contributed by atoms with Crippen molar-refractivity contribution in [3.63, 3.8) is 0 Å². The largest absolute Gasteiger partial charge is 0.489 e. The van der Waals surface area contributed by atoms with Gasteiger partial charge in [0.05, 0.1) is 0 Å². The first-order valence-electron chi connectivity index (χ1n) is 8.46. The van der Waals surface area contributed by atoms with Crippen molar-refractivity contribution in [3.05, 3.63) is 95.6 Å². The van der Waals surface area contributed by atoms with Gasteiger partial charge in [0.2, 0.25) is 0 Å². The zero-order valence-corrected chi connectivity index (χ0v) is 15.5. The molecule has 0 saturated heterocycles. The molecule has 3 aromatic carbocycles. The third-order valence-electron chi connectivity index (χ3n) is 3.95. The quantitative estimate of drug-likeness (QED) is 0.606. The molecule has 132 valence electrons. The van der Waals surface area contributed by atoms with E-state index in [2.05, 4.69) is 23.5 Å². The molecule has 1 amide bonds. The summed E-state index contributed by atoms with van der Waals surface area (Å²) in [5, 5.41) is 2.63. The fourth-order valence-corrected chi connectivity index (χ4v) is 3.40. The number of amides is 1. The zero-order valence-electron chi connectivity index (χ0n) is 14.6. The highest BCUT2D eigenvalue weighted by atomic mass is 32.2. The molecule has 26 heavy (non-hydrogen) atoms. The number of carbonyl (C=O) groups is 1. The lowest BCUT2D eigenvalue weighted by atomic mass is 10.2. The van der Waals surface area contributed by atoms with E-state index in [9.17, 15) is 4.79 Å². The Morgan fingerprint density at radius 1 is 0.923 bits per heavy atom. The molecule has 0 spiro atoms. The highest BCUT2D eigenvalue weighted by Crippen LogP contribution is 2.28. The molecule has 3 rings (SSSR count). The van der Waals surface area contributed by atoms with Gasteiger partial charge in [-0.3, -0.25) is 4.79 Å². The molecule has 1 N–H and O–H groups in total. The van der Waals surface area contributed by atoms with Gasteiger partial charge < -0.3 is 10.1 Å². The van der Waals surface area contributed by atoms with Crippen molar-refractivity contribution in [2.45, 2.75) is 17.3 Å². The average molecular weight is 363 g/mol. The third kappa shape index (κ3) is 4.90. The summed E-state index contributed by atoms with van der Waals surface area (Å²) in [6.07, 6.45) is 0. The second-order valence-corrected chi connectivity index (χ2v) is 6.82. The van der Waals surface area contributed by atoms with Gasteiger partial charge in [-0.1, -0.05) is 48.5 Å². The van der Waals surface area contributed by atoms with Crippen LogP contribution >= 0.6 is 11.8 Å². The van der Waals surface area contributed by atoms with Crippen molar-refractivity contribution in [2.75, 3.05) is 7.05 Å². The summed E-state index contributed by atoms with van der Waals surface area (Å²) in [6.45, 7) is 0.559. The van der Waals surface area contributed by atoms with Crippen molar-refractivity contribution in [3.8, 4) is 5.75 Å². The van der Waals surface area contributed by atoms with Crippen LogP contribution in [-0.4, -0.2) is 13.0 Å². The van der Waals surface area contributed by atoms with Crippen molar-refractivity contribution < 1.29 is 9.53 Å². The summed E-state index contributed by atoms with van der Waals surface area (Å²) in [5.74, 6) is 1.65. The molecule has 0 unspecified atom stereocenters. The van der Waals surface area contributed by atoms with E-state index in [0.29, 0.717) is 12.2 Å². The Kier molecular flexibility index (Phi) is 6.34. The van der Waals surface area contributed by atoms with Crippen LogP contribution < -0.4 is 10.1 Å². The topological polar surface area (TPSA) is 38.3 Å². The Labute approximate surface area is 158 Å². The first kappa shape index (κ1) is 18.1. The summed E-state index contributed by atoms with van der Waals surface area (Å²) in [4.78, 5) is 12.7. The predicted octanol–water partition coefficient (Wildman–Crippen LogP) is 4.92. The van der Waals surface area contributed by atoms with E-state index >= 15 is 0 Å². The van der Waals surface area contributed by atoms with Crippen LogP contribution in [0.1, 0.15) is 21.5 Å². The molecule has 0 aliphatic carbocycles. The second kappa shape index (κ2) is 9.11. The van der Waals surface area contributed by atoms with Crippen molar-refractivity contribution in [1.82, 2.24) is 5.32 Å². The van der Waals surface area contributed by atoms with E-state index < -0.39 is 0 Å². The number of nitrogens with one attached hydrogen (secondary N) is 1. The summed E-state index contributed by atoms with van der Waals surface area (Å²) in [7, 11) is 1.64. The SMILES string of the molecule is CNC(=O)c1ccc(SCc2ccccc2OCc2ccccc2)cc1. The van der Waals surface area contributed by atoms with Gasteiger partial charge in [-0.25, -0.2) is 0 Å². The van der Waals surface area contributed by atoms with Crippen LogP contribution in [-0.2, 0) is 12.4 Å². The Morgan fingerprint density at radius 3 is 2.35 bits per heavy atom. The highest BCUT2D eigenvalue weighted by Gasteiger charge is 2.06. The molecule has 0 heterocycles. The van der Waals surface area contributed by atoms with Crippen LogP contribution in [0.25, 0.3) is 0 Å². The first-order chi connectivity index (χ1) is 12.8. The maximum atomic E-state index is 11.6. The fraction of sp³-hybridized carbons (Fsp3) is 0.136. The third-order valence-corrected chi connectivity index (χ3v) is 5.01.